The molecule has 0 aliphatic heterocycles. The zero-order valence-electron chi connectivity index (χ0n) is 22.5. The first-order valence-corrected chi connectivity index (χ1v) is 12.0. The third-order valence-corrected chi connectivity index (χ3v) is 3.87. The molecule has 0 unspecified atom stereocenters. The maximum atomic E-state index is 10.9. The van der Waals surface area contributed by atoms with Gasteiger partial charge in [0.15, 0.2) is 0 Å². The van der Waals surface area contributed by atoms with E-state index in [2.05, 4.69) is 27.7 Å². The molecule has 0 saturated carbocycles. The van der Waals surface area contributed by atoms with Crippen LogP contribution in [-0.2, 0) is 52.1 Å². The van der Waals surface area contributed by atoms with E-state index in [4.69, 9.17) is 9.47 Å². The number of hydrogen-bond donors (Lipinski definition) is 0. The number of carbonyl (C=O) groups is 4. The molecule has 0 aliphatic rings. The summed E-state index contributed by atoms with van der Waals surface area (Å²) in [5, 5.41) is 19.9. The normalized spacial score (nSPS) is 9.33. The van der Waals surface area contributed by atoms with Crippen molar-refractivity contribution in [1.82, 2.24) is 0 Å². The second kappa shape index (κ2) is 29.2. The summed E-state index contributed by atoms with van der Waals surface area (Å²) < 4.78 is 9.52. The van der Waals surface area contributed by atoms with Gasteiger partial charge in [-0.25, -0.2) is 29.4 Å². The van der Waals surface area contributed by atoms with Crippen LogP contribution in [-0.4, -0.2) is 47.8 Å². The molecule has 208 valence electrons. The van der Waals surface area contributed by atoms with Crippen LogP contribution in [0, 0.1) is 13.8 Å². The Balaban J connectivity index is -0.000000512. The van der Waals surface area contributed by atoms with Crippen LogP contribution in [0.2, 0.25) is 0 Å². The summed E-state index contributed by atoms with van der Waals surface area (Å²) in [6.45, 7) is 11.7. The molecule has 8 nitrogen and oxygen atoms in total. The van der Waals surface area contributed by atoms with Crippen molar-refractivity contribution in [3.8, 4) is 0 Å². The van der Waals surface area contributed by atoms with Crippen LogP contribution in [0.3, 0.4) is 0 Å². The molecule has 8 radical (unpaired) electrons. The van der Waals surface area contributed by atoms with E-state index in [1.165, 1.54) is 12.8 Å². The van der Waals surface area contributed by atoms with Crippen molar-refractivity contribution in [3.05, 3.63) is 110 Å². The van der Waals surface area contributed by atoms with Gasteiger partial charge in [0.25, 0.3) is 0 Å². The Morgan fingerprint density at radius 3 is 1.13 bits per heavy atom. The van der Waals surface area contributed by atoms with Crippen molar-refractivity contribution >= 4 is 47.8 Å². The molecule has 0 fully saturated rings. The number of benzene rings is 2. The molecule has 0 atom stereocenters. The summed E-state index contributed by atoms with van der Waals surface area (Å²) >= 11 is 0. The standard InChI is InChI=1S/2C11H9O4.2C4H9.Sn/c2*12-10(13)6-7-11(14)15-8-9-4-2-1-3-5-9;2*1-3-4-2;/h2*1-7H,8H2;2*1,3-4H2,2H3;/b2*7-6-;;;. The number of rotatable bonds is 10. The fourth-order valence-corrected chi connectivity index (χ4v) is 1.83. The second-order valence-corrected chi connectivity index (χ2v) is 7.20. The molecular formula is C30H36O8Sn. The van der Waals surface area contributed by atoms with Gasteiger partial charge in [-0.1, -0.05) is 114 Å². The molecule has 2 rings (SSSR count). The van der Waals surface area contributed by atoms with Crippen LogP contribution >= 0.6 is 0 Å². The van der Waals surface area contributed by atoms with E-state index >= 15 is 0 Å². The minimum Gasteiger partial charge on any atom is -0.458 e. The largest absolute Gasteiger partial charge is 0.458 e. The van der Waals surface area contributed by atoms with E-state index in [1.54, 1.807) is 24.3 Å². The van der Waals surface area contributed by atoms with Gasteiger partial charge in [0, 0.05) is 48.2 Å². The van der Waals surface area contributed by atoms with Crippen LogP contribution in [0.1, 0.15) is 50.7 Å². The van der Waals surface area contributed by atoms with Crippen molar-refractivity contribution in [2.45, 2.75) is 52.7 Å². The Bertz CT molecular complexity index is 874. The number of carbonyl (C=O) groups excluding carboxylic acids is 4. The molecule has 0 amide bonds. The van der Waals surface area contributed by atoms with E-state index in [0.29, 0.717) is 12.2 Å². The fourth-order valence-electron chi connectivity index (χ4n) is 1.83. The zero-order valence-corrected chi connectivity index (χ0v) is 25.4. The minimum absolute atomic E-state index is 0. The molecule has 0 aromatic heterocycles. The van der Waals surface area contributed by atoms with E-state index in [0.717, 1.165) is 36.1 Å². The molecule has 0 saturated heterocycles. The predicted octanol–water partition coefficient (Wildman–Crippen LogP) is 5.35. The minimum atomic E-state index is -1.42. The van der Waals surface area contributed by atoms with Crippen LogP contribution in [0.15, 0.2) is 85.0 Å². The van der Waals surface area contributed by atoms with Gasteiger partial charge in [0.1, 0.15) is 13.2 Å². The van der Waals surface area contributed by atoms with Gasteiger partial charge in [-0.05, 0) is 11.1 Å². The van der Waals surface area contributed by atoms with Crippen LogP contribution < -0.4 is 0 Å². The van der Waals surface area contributed by atoms with Gasteiger partial charge < -0.3 is 9.47 Å². The topological polar surface area (TPSA) is 127 Å². The first kappa shape index (κ1) is 40.1. The summed E-state index contributed by atoms with van der Waals surface area (Å²) in [6.07, 6.45) is 7.46. The predicted molar refractivity (Wildman–Crippen MR) is 148 cm³/mol. The van der Waals surface area contributed by atoms with Crippen LogP contribution in [0.5, 0.6) is 0 Å². The average Bonchev–Trinajstić information content (AvgIpc) is 2.94. The van der Waals surface area contributed by atoms with Gasteiger partial charge in [-0.15, -0.1) is 0 Å². The number of unbranched alkanes of at least 4 members (excludes halogenated alkanes) is 2. The van der Waals surface area contributed by atoms with Crippen LogP contribution in [0.4, 0.5) is 0 Å². The Kier molecular flexibility index (Phi) is 30.0. The quantitative estimate of drug-likeness (QED) is 0.195. The van der Waals surface area contributed by atoms with Crippen LogP contribution in [0.25, 0.3) is 0 Å². The van der Waals surface area contributed by atoms with Gasteiger partial charge in [0.05, 0.1) is 0 Å². The van der Waals surface area contributed by atoms with Crippen molar-refractivity contribution in [2.75, 3.05) is 0 Å². The SMILES string of the molecule is [CH2]CCC.[CH2]CCC.[O]C(=O)/C=C\C(=O)OCc1ccccc1.[O]C(=O)/C=C\C(=O)OCc1ccccc1.[Sn]. The molecule has 9 heteroatoms. The van der Waals surface area contributed by atoms with Crippen molar-refractivity contribution < 1.29 is 38.9 Å². The summed E-state index contributed by atoms with van der Waals surface area (Å²) in [5.74, 6) is -4.26. The molecule has 0 N–H and O–H groups in total. The average molecular weight is 643 g/mol. The van der Waals surface area contributed by atoms with Gasteiger partial charge in [0.2, 0.25) is 0 Å². The Morgan fingerprint density at radius 1 is 0.615 bits per heavy atom. The van der Waals surface area contributed by atoms with E-state index < -0.39 is 23.9 Å². The Morgan fingerprint density at radius 2 is 0.897 bits per heavy atom. The summed E-state index contributed by atoms with van der Waals surface area (Å²) in [4.78, 5) is 41.8. The van der Waals surface area contributed by atoms with Crippen molar-refractivity contribution in [3.63, 3.8) is 0 Å². The maximum Gasteiger partial charge on any atom is 0.379 e. The van der Waals surface area contributed by atoms with Crippen molar-refractivity contribution in [1.29, 1.82) is 0 Å². The first-order chi connectivity index (χ1) is 18.2. The van der Waals surface area contributed by atoms with Gasteiger partial charge in [-0.3, -0.25) is 0 Å². The van der Waals surface area contributed by atoms with Gasteiger partial charge >= 0.3 is 23.9 Å². The third kappa shape index (κ3) is 30.7. The molecule has 39 heavy (non-hydrogen) atoms. The number of hydrogen-bond acceptors (Lipinski definition) is 6. The molecule has 0 heterocycles. The number of esters is 2. The molecule has 0 aliphatic carbocycles. The summed E-state index contributed by atoms with van der Waals surface area (Å²) in [6, 6.07) is 18.2. The third-order valence-electron chi connectivity index (χ3n) is 3.87. The first-order valence-electron chi connectivity index (χ1n) is 12.0. The Hall–Kier alpha value is -3.40. The molecule has 2 aromatic carbocycles. The van der Waals surface area contributed by atoms with Gasteiger partial charge in [-0.2, -0.15) is 0 Å². The fraction of sp³-hybridized carbons (Fsp3) is 0.267. The molecular weight excluding hydrogens is 607 g/mol. The number of ether oxygens (including phenoxy) is 2. The second-order valence-electron chi connectivity index (χ2n) is 7.20. The smallest absolute Gasteiger partial charge is 0.379 e. The monoisotopic (exact) mass is 644 g/mol. The summed E-state index contributed by atoms with van der Waals surface area (Å²) in [7, 11) is 0. The molecule has 0 bridgehead atoms. The van der Waals surface area contributed by atoms with E-state index in [1.807, 2.05) is 36.4 Å². The zero-order chi connectivity index (χ0) is 29.0. The summed E-state index contributed by atoms with van der Waals surface area (Å²) in [5.41, 5.74) is 1.68. The molecule has 0 spiro atoms. The van der Waals surface area contributed by atoms with Crippen molar-refractivity contribution in [2.24, 2.45) is 0 Å². The molecule has 2 aromatic rings. The maximum absolute atomic E-state index is 10.9. The van der Waals surface area contributed by atoms with E-state index in [-0.39, 0.29) is 37.1 Å². The Labute approximate surface area is 248 Å². The van der Waals surface area contributed by atoms with E-state index in [9.17, 15) is 29.4 Å².